The van der Waals surface area contributed by atoms with Crippen LogP contribution in [0, 0.1) is 5.92 Å². The second kappa shape index (κ2) is 6.40. The molecule has 3 aromatic rings. The molecule has 4 atom stereocenters. The smallest absolute Gasteiger partial charge is 0.166 e. The molecule has 1 saturated heterocycles. The molecule has 2 bridgehead atoms. The van der Waals surface area contributed by atoms with E-state index in [9.17, 15) is 10.2 Å². The molecule has 2 fully saturated rings. The summed E-state index contributed by atoms with van der Waals surface area (Å²) in [6.07, 6.45) is 6.76. The van der Waals surface area contributed by atoms with E-state index in [-0.39, 0.29) is 17.9 Å². The van der Waals surface area contributed by atoms with Crippen molar-refractivity contribution in [3.63, 3.8) is 0 Å². The average molecular weight is 485 g/mol. The van der Waals surface area contributed by atoms with Crippen molar-refractivity contribution >= 4 is 10.9 Å². The maximum atomic E-state index is 13.1. The topological polar surface area (TPSA) is 67.1 Å². The summed E-state index contributed by atoms with van der Waals surface area (Å²) in [5.74, 6) is 2.49. The van der Waals surface area contributed by atoms with E-state index >= 15 is 0 Å². The lowest BCUT2D eigenvalue weighted by Crippen LogP contribution is -2.74. The number of hydrogen-bond acceptors (Lipinski definition) is 5. The normalized spacial score (nSPS) is 33.3. The molecule has 186 valence electrons. The molecule has 1 aromatic heterocycles. The van der Waals surface area contributed by atoms with Gasteiger partial charge in [-0.25, -0.2) is 0 Å². The molecule has 0 amide bonds. The van der Waals surface area contributed by atoms with Gasteiger partial charge in [0.2, 0.25) is 0 Å². The lowest BCUT2D eigenvalue weighted by molar-refractivity contribution is -0.173. The molecule has 0 radical (unpaired) electrons. The Labute approximate surface area is 210 Å². The largest absolute Gasteiger partial charge is 0.504 e. The summed E-state index contributed by atoms with van der Waals surface area (Å²) in [6, 6.07) is 8.31. The number of fused-ring (bicyclic) bond motifs is 4. The summed E-state index contributed by atoms with van der Waals surface area (Å²) in [5, 5.41) is 25.2. The van der Waals surface area contributed by atoms with Crippen molar-refractivity contribution in [2.75, 3.05) is 20.2 Å². The van der Waals surface area contributed by atoms with Crippen LogP contribution in [-0.4, -0.2) is 51.5 Å². The average Bonchev–Trinajstić information content (AvgIpc) is 3.55. The number of methoxy groups -OCH3 is 1. The summed E-state index contributed by atoms with van der Waals surface area (Å²) < 4.78 is 15.1. The Kier molecular flexibility index (Phi) is 3.62. The van der Waals surface area contributed by atoms with Crippen LogP contribution < -0.4 is 9.47 Å². The number of benzene rings is 2. The van der Waals surface area contributed by atoms with Gasteiger partial charge in [-0.1, -0.05) is 6.07 Å². The zero-order chi connectivity index (χ0) is 24.0. The van der Waals surface area contributed by atoms with Crippen LogP contribution in [0.5, 0.6) is 17.2 Å². The molecule has 6 aliphatic rings. The molecule has 1 saturated carbocycles. The number of rotatable bonds is 3. The van der Waals surface area contributed by atoms with E-state index in [4.69, 9.17) is 9.47 Å². The van der Waals surface area contributed by atoms with E-state index in [2.05, 4.69) is 27.7 Å². The highest BCUT2D eigenvalue weighted by Crippen LogP contribution is 2.69. The van der Waals surface area contributed by atoms with Gasteiger partial charge < -0.3 is 24.3 Å². The fourth-order valence-electron chi connectivity index (χ4n) is 9.01. The molecular formula is C30H32N2O4. The van der Waals surface area contributed by atoms with E-state index in [1.54, 1.807) is 13.2 Å². The number of hydrogen-bond donors (Lipinski definition) is 2. The summed E-state index contributed by atoms with van der Waals surface area (Å²) in [7, 11) is 1.74. The molecule has 2 aromatic carbocycles. The lowest BCUT2D eigenvalue weighted by atomic mass is 9.49. The van der Waals surface area contributed by atoms with Crippen molar-refractivity contribution in [3.8, 4) is 17.2 Å². The summed E-state index contributed by atoms with van der Waals surface area (Å²) in [5.41, 5.74) is 5.94. The Bertz CT molecular complexity index is 1490. The van der Waals surface area contributed by atoms with Gasteiger partial charge in [-0.15, -0.1) is 0 Å². The van der Waals surface area contributed by atoms with E-state index in [0.29, 0.717) is 12.2 Å². The SMILES string of the molecule is COc1cc2c3c(c1)c1c(n3CCC2)[C@@H]2Oc3c(O)ccc4c3[C@@]23CCN(CC2CC2)[C@H](C4)[C@]3(O)C1. The van der Waals surface area contributed by atoms with Crippen LogP contribution in [0.25, 0.3) is 10.9 Å². The monoisotopic (exact) mass is 484 g/mol. The highest BCUT2D eigenvalue weighted by molar-refractivity contribution is 5.91. The molecule has 3 aliphatic carbocycles. The number of aromatic nitrogens is 1. The van der Waals surface area contributed by atoms with E-state index < -0.39 is 11.0 Å². The van der Waals surface area contributed by atoms with Crippen LogP contribution in [0.15, 0.2) is 24.3 Å². The zero-order valence-corrected chi connectivity index (χ0v) is 20.7. The van der Waals surface area contributed by atoms with Gasteiger partial charge in [-0.2, -0.15) is 0 Å². The first kappa shape index (κ1) is 20.4. The maximum Gasteiger partial charge on any atom is 0.166 e. The van der Waals surface area contributed by atoms with Crippen molar-refractivity contribution in [1.29, 1.82) is 0 Å². The summed E-state index contributed by atoms with van der Waals surface area (Å²) in [4.78, 5) is 2.60. The molecule has 9 rings (SSSR count). The Morgan fingerprint density at radius 3 is 2.89 bits per heavy atom. The van der Waals surface area contributed by atoms with Gasteiger partial charge >= 0.3 is 0 Å². The fraction of sp³-hybridized carbons (Fsp3) is 0.533. The van der Waals surface area contributed by atoms with Crippen LogP contribution in [0.4, 0.5) is 0 Å². The number of nitrogens with zero attached hydrogens (tertiary/aromatic N) is 2. The third kappa shape index (κ3) is 2.16. The number of aryl methyl sites for hydroxylation is 2. The predicted molar refractivity (Wildman–Crippen MR) is 135 cm³/mol. The Morgan fingerprint density at radius 2 is 2.06 bits per heavy atom. The second-order valence-corrected chi connectivity index (χ2v) is 12.2. The number of phenols is 1. The molecule has 36 heavy (non-hydrogen) atoms. The van der Waals surface area contributed by atoms with E-state index in [0.717, 1.165) is 62.5 Å². The molecular weight excluding hydrogens is 452 g/mol. The number of likely N-dealkylation sites (tertiary alicyclic amines) is 1. The molecule has 6 heteroatoms. The summed E-state index contributed by atoms with van der Waals surface area (Å²) in [6.45, 7) is 3.03. The molecule has 0 unspecified atom stereocenters. The van der Waals surface area contributed by atoms with E-state index in [1.807, 2.05) is 0 Å². The number of piperidine rings is 1. The van der Waals surface area contributed by atoms with E-state index in [1.165, 1.54) is 46.1 Å². The second-order valence-electron chi connectivity index (χ2n) is 12.2. The van der Waals surface area contributed by atoms with Gasteiger partial charge in [-0.05, 0) is 85.9 Å². The van der Waals surface area contributed by atoms with Gasteiger partial charge in [0.05, 0.1) is 29.3 Å². The van der Waals surface area contributed by atoms with Gasteiger partial charge in [0.1, 0.15) is 5.75 Å². The van der Waals surface area contributed by atoms with Crippen LogP contribution in [0.1, 0.15) is 59.7 Å². The number of aliphatic hydroxyl groups is 1. The Hall–Kier alpha value is -2.70. The maximum absolute atomic E-state index is 13.1. The molecule has 2 N–H and O–H groups in total. The third-order valence-corrected chi connectivity index (χ3v) is 10.6. The number of aromatic hydroxyl groups is 1. The number of ether oxygens (including phenoxy) is 2. The zero-order valence-electron chi connectivity index (χ0n) is 20.7. The van der Waals surface area contributed by atoms with Crippen molar-refractivity contribution in [2.45, 2.75) is 74.7 Å². The predicted octanol–water partition coefficient (Wildman–Crippen LogP) is 4.00. The Morgan fingerprint density at radius 1 is 1.17 bits per heavy atom. The molecule has 6 nitrogen and oxygen atoms in total. The fourth-order valence-corrected chi connectivity index (χ4v) is 9.01. The molecule has 1 spiro atoms. The van der Waals surface area contributed by atoms with Gasteiger partial charge in [0, 0.05) is 36.5 Å². The highest BCUT2D eigenvalue weighted by atomic mass is 16.5. The standard InChI is InChI=1S/C30H32N2O4/c1-35-19-11-18-3-2-9-32-25(18)20(13-19)21-14-30(34)23-12-17-6-7-22(33)27-24(17)29(30,28(36-27)26(21)32)8-10-31(23)15-16-4-5-16/h6-7,11,13,16,23,28,33-34H,2-5,8-10,12,14-15H2,1H3/t23-,28+,29+,30-/m1/s1. The highest BCUT2D eigenvalue weighted by Gasteiger charge is 2.73. The van der Waals surface area contributed by atoms with Crippen LogP contribution in [-0.2, 0) is 31.2 Å². The molecule has 4 heterocycles. The van der Waals surface area contributed by atoms with Crippen molar-refractivity contribution in [3.05, 3.63) is 52.2 Å². The lowest BCUT2D eigenvalue weighted by Gasteiger charge is -2.63. The van der Waals surface area contributed by atoms with Crippen molar-refractivity contribution in [2.24, 2.45) is 5.92 Å². The minimum Gasteiger partial charge on any atom is -0.504 e. The quantitative estimate of drug-likeness (QED) is 0.588. The molecule has 3 aliphatic heterocycles. The van der Waals surface area contributed by atoms with Gasteiger partial charge in [-0.3, -0.25) is 4.90 Å². The van der Waals surface area contributed by atoms with Crippen LogP contribution in [0.3, 0.4) is 0 Å². The van der Waals surface area contributed by atoms with Crippen molar-refractivity contribution in [1.82, 2.24) is 9.47 Å². The minimum absolute atomic E-state index is 0.0581. The van der Waals surface area contributed by atoms with Crippen LogP contribution >= 0.6 is 0 Å². The first-order valence-corrected chi connectivity index (χ1v) is 13.7. The van der Waals surface area contributed by atoms with Crippen molar-refractivity contribution < 1.29 is 19.7 Å². The Balaban J connectivity index is 1.36. The third-order valence-electron chi connectivity index (χ3n) is 10.6. The minimum atomic E-state index is -0.944. The first-order valence-electron chi connectivity index (χ1n) is 13.7. The number of phenolic OH excluding ortho intramolecular Hbond substituents is 1. The van der Waals surface area contributed by atoms with Gasteiger partial charge in [0.15, 0.2) is 17.6 Å². The van der Waals surface area contributed by atoms with Gasteiger partial charge in [0.25, 0.3) is 0 Å². The van der Waals surface area contributed by atoms with Crippen LogP contribution in [0.2, 0.25) is 0 Å². The summed E-state index contributed by atoms with van der Waals surface area (Å²) >= 11 is 0. The first-order chi connectivity index (χ1) is 17.5.